The smallest absolute Gasteiger partial charge is 0.240 e. The molecule has 0 radical (unpaired) electrons. The Kier molecular flexibility index (Phi) is 3.85. The first kappa shape index (κ1) is 11.7. The largest absolute Gasteiger partial charge is 0.347 e. The fourth-order valence-electron chi connectivity index (χ4n) is 1.39. The van der Waals surface area contributed by atoms with Crippen LogP contribution in [-0.2, 0) is 11.3 Å². The molecular weight excluding hydrogens is 192 g/mol. The van der Waals surface area contributed by atoms with Crippen LogP contribution in [0.15, 0.2) is 12.4 Å². The van der Waals surface area contributed by atoms with Gasteiger partial charge in [0.15, 0.2) is 0 Å². The predicted molar refractivity (Wildman–Crippen MR) is 57.9 cm³/mol. The van der Waals surface area contributed by atoms with Crippen LogP contribution >= 0.6 is 0 Å². The lowest BCUT2D eigenvalue weighted by atomic mass is 9.97. The second-order valence-electron chi connectivity index (χ2n) is 3.89. The van der Waals surface area contributed by atoms with Crippen LogP contribution in [0.1, 0.15) is 32.5 Å². The third-order valence-electron chi connectivity index (χ3n) is 2.26. The zero-order valence-electron chi connectivity index (χ0n) is 9.21. The molecular formula is C10H18N4O. The molecule has 0 fully saturated rings. The molecule has 0 aliphatic carbocycles. The highest BCUT2D eigenvalue weighted by molar-refractivity contribution is 5.85. The van der Waals surface area contributed by atoms with Crippen LogP contribution in [0.3, 0.4) is 0 Å². The number of carbonyl (C=O) groups is 1. The van der Waals surface area contributed by atoms with Gasteiger partial charge in [-0.15, -0.1) is 0 Å². The number of imidazole rings is 1. The molecule has 15 heavy (non-hydrogen) atoms. The van der Waals surface area contributed by atoms with Gasteiger partial charge in [-0.1, -0.05) is 13.3 Å². The number of nitrogens with zero attached hydrogens (tertiary/aromatic N) is 1. The van der Waals surface area contributed by atoms with Crippen LogP contribution in [0.4, 0.5) is 0 Å². The Balaban J connectivity index is 2.42. The topological polar surface area (TPSA) is 83.8 Å². The molecule has 5 heteroatoms. The second kappa shape index (κ2) is 4.93. The van der Waals surface area contributed by atoms with Crippen molar-refractivity contribution in [3.8, 4) is 0 Å². The summed E-state index contributed by atoms with van der Waals surface area (Å²) >= 11 is 0. The van der Waals surface area contributed by atoms with Crippen LogP contribution < -0.4 is 11.1 Å². The van der Waals surface area contributed by atoms with Gasteiger partial charge in [0.05, 0.1) is 12.1 Å². The highest BCUT2D eigenvalue weighted by Crippen LogP contribution is 2.08. The molecule has 4 N–H and O–H groups in total. The molecule has 0 aromatic carbocycles. The van der Waals surface area contributed by atoms with Crippen molar-refractivity contribution in [1.82, 2.24) is 15.3 Å². The van der Waals surface area contributed by atoms with Gasteiger partial charge >= 0.3 is 0 Å². The number of aromatic amines is 1. The van der Waals surface area contributed by atoms with Gasteiger partial charge in [-0.3, -0.25) is 4.79 Å². The van der Waals surface area contributed by atoms with E-state index in [0.29, 0.717) is 13.0 Å². The summed E-state index contributed by atoms with van der Waals surface area (Å²) in [7, 11) is 0. The van der Waals surface area contributed by atoms with Crippen LogP contribution in [0.2, 0.25) is 0 Å². The van der Waals surface area contributed by atoms with Crippen LogP contribution in [0.25, 0.3) is 0 Å². The number of carbonyl (C=O) groups excluding carboxylic acids is 1. The zero-order chi connectivity index (χ0) is 11.3. The molecule has 0 bridgehead atoms. The van der Waals surface area contributed by atoms with Crippen LogP contribution in [-0.4, -0.2) is 21.4 Å². The molecule has 1 aromatic heterocycles. The molecule has 0 aliphatic rings. The molecule has 84 valence electrons. The molecule has 1 aromatic rings. The maximum atomic E-state index is 11.7. The van der Waals surface area contributed by atoms with Crippen molar-refractivity contribution >= 4 is 5.91 Å². The minimum atomic E-state index is -0.790. The monoisotopic (exact) mass is 210 g/mol. The molecule has 1 amide bonds. The lowest BCUT2D eigenvalue weighted by Crippen LogP contribution is -2.51. The van der Waals surface area contributed by atoms with Crippen molar-refractivity contribution in [3.05, 3.63) is 18.2 Å². The Morgan fingerprint density at radius 1 is 1.73 bits per heavy atom. The van der Waals surface area contributed by atoms with E-state index in [1.54, 1.807) is 19.3 Å². The Morgan fingerprint density at radius 3 is 3.00 bits per heavy atom. The summed E-state index contributed by atoms with van der Waals surface area (Å²) in [4.78, 5) is 18.6. The SMILES string of the molecule is CCCC(C)(N)C(=O)NCc1ncc[nH]1. The fraction of sp³-hybridized carbons (Fsp3) is 0.600. The van der Waals surface area contributed by atoms with Crippen molar-refractivity contribution < 1.29 is 4.79 Å². The van der Waals surface area contributed by atoms with Gasteiger partial charge in [-0.05, 0) is 13.3 Å². The maximum absolute atomic E-state index is 11.7. The Bertz CT molecular complexity index is 305. The van der Waals surface area contributed by atoms with Gasteiger partial charge in [0.1, 0.15) is 5.82 Å². The summed E-state index contributed by atoms with van der Waals surface area (Å²) in [5.74, 6) is 0.594. The van der Waals surface area contributed by atoms with Gasteiger partial charge in [-0.25, -0.2) is 4.98 Å². The lowest BCUT2D eigenvalue weighted by Gasteiger charge is -2.22. The van der Waals surface area contributed by atoms with E-state index in [9.17, 15) is 4.79 Å². The molecule has 0 saturated heterocycles. The van der Waals surface area contributed by atoms with Gasteiger partial charge in [0.2, 0.25) is 5.91 Å². The van der Waals surface area contributed by atoms with Gasteiger partial charge < -0.3 is 16.0 Å². The third kappa shape index (κ3) is 3.36. The number of aromatic nitrogens is 2. The first-order valence-corrected chi connectivity index (χ1v) is 5.11. The third-order valence-corrected chi connectivity index (χ3v) is 2.26. The highest BCUT2D eigenvalue weighted by atomic mass is 16.2. The van der Waals surface area contributed by atoms with Crippen molar-refractivity contribution in [2.45, 2.75) is 38.8 Å². The van der Waals surface area contributed by atoms with E-state index in [1.165, 1.54) is 0 Å². The normalized spacial score (nSPS) is 14.6. The van der Waals surface area contributed by atoms with Crippen molar-refractivity contribution in [2.24, 2.45) is 5.73 Å². The number of hydrogen-bond acceptors (Lipinski definition) is 3. The summed E-state index contributed by atoms with van der Waals surface area (Å²) in [6.07, 6.45) is 4.93. The average Bonchev–Trinajstić information content (AvgIpc) is 2.66. The Morgan fingerprint density at radius 2 is 2.47 bits per heavy atom. The van der Waals surface area contributed by atoms with E-state index in [4.69, 9.17) is 5.73 Å². The highest BCUT2D eigenvalue weighted by Gasteiger charge is 2.26. The second-order valence-corrected chi connectivity index (χ2v) is 3.89. The van der Waals surface area contributed by atoms with E-state index in [1.807, 2.05) is 6.92 Å². The van der Waals surface area contributed by atoms with E-state index in [-0.39, 0.29) is 5.91 Å². The summed E-state index contributed by atoms with van der Waals surface area (Å²) < 4.78 is 0. The van der Waals surface area contributed by atoms with Gasteiger partial charge in [0, 0.05) is 12.4 Å². The maximum Gasteiger partial charge on any atom is 0.240 e. The van der Waals surface area contributed by atoms with Crippen molar-refractivity contribution in [3.63, 3.8) is 0 Å². The van der Waals surface area contributed by atoms with Crippen LogP contribution in [0, 0.1) is 0 Å². The predicted octanol–water partition coefficient (Wildman–Crippen LogP) is 0.543. The first-order chi connectivity index (χ1) is 7.06. The molecule has 1 unspecified atom stereocenters. The number of amides is 1. The van der Waals surface area contributed by atoms with Gasteiger partial charge in [-0.2, -0.15) is 0 Å². The molecule has 0 aliphatic heterocycles. The number of nitrogens with two attached hydrogens (primary N) is 1. The lowest BCUT2D eigenvalue weighted by molar-refractivity contribution is -0.126. The van der Waals surface area contributed by atoms with Crippen molar-refractivity contribution in [2.75, 3.05) is 0 Å². The number of H-pyrrole nitrogens is 1. The molecule has 1 rings (SSSR count). The molecule has 5 nitrogen and oxygen atoms in total. The number of nitrogens with one attached hydrogen (secondary N) is 2. The quantitative estimate of drug-likeness (QED) is 0.663. The summed E-state index contributed by atoms with van der Waals surface area (Å²) in [6.45, 7) is 4.14. The van der Waals surface area contributed by atoms with E-state index < -0.39 is 5.54 Å². The minimum absolute atomic E-state index is 0.138. The summed E-state index contributed by atoms with van der Waals surface area (Å²) in [5, 5.41) is 2.75. The Hall–Kier alpha value is -1.36. The minimum Gasteiger partial charge on any atom is -0.347 e. The fourth-order valence-corrected chi connectivity index (χ4v) is 1.39. The van der Waals surface area contributed by atoms with E-state index in [2.05, 4.69) is 15.3 Å². The molecule has 1 atom stereocenters. The van der Waals surface area contributed by atoms with E-state index in [0.717, 1.165) is 12.2 Å². The average molecular weight is 210 g/mol. The van der Waals surface area contributed by atoms with E-state index >= 15 is 0 Å². The number of rotatable bonds is 5. The molecule has 1 heterocycles. The summed E-state index contributed by atoms with van der Waals surface area (Å²) in [6, 6.07) is 0. The standard InChI is InChI=1S/C10H18N4O/c1-3-4-10(2,11)9(15)14-7-8-12-5-6-13-8/h5-6H,3-4,7,11H2,1-2H3,(H,12,13)(H,14,15). The Labute approximate surface area is 89.5 Å². The molecule has 0 saturated carbocycles. The first-order valence-electron chi connectivity index (χ1n) is 5.11. The van der Waals surface area contributed by atoms with Gasteiger partial charge in [0.25, 0.3) is 0 Å². The van der Waals surface area contributed by atoms with Crippen LogP contribution in [0.5, 0.6) is 0 Å². The molecule has 0 spiro atoms. The summed E-state index contributed by atoms with van der Waals surface area (Å²) in [5.41, 5.74) is 5.08. The zero-order valence-corrected chi connectivity index (χ0v) is 9.21. The van der Waals surface area contributed by atoms with Crippen molar-refractivity contribution in [1.29, 1.82) is 0 Å². The number of hydrogen-bond donors (Lipinski definition) is 3.